The van der Waals surface area contributed by atoms with E-state index in [-0.39, 0.29) is 47.9 Å². The molecule has 81 heavy (non-hydrogen) atoms. The number of rotatable bonds is 9. The van der Waals surface area contributed by atoms with Gasteiger partial charge in [0.05, 0.1) is 0 Å². The minimum absolute atomic E-state index is 0. The van der Waals surface area contributed by atoms with E-state index < -0.39 is 0 Å². The van der Waals surface area contributed by atoms with Crippen molar-refractivity contribution in [2.75, 3.05) is 0 Å². The van der Waals surface area contributed by atoms with Gasteiger partial charge in [0.25, 0.3) is 0 Å². The molecule has 0 atom stereocenters. The van der Waals surface area contributed by atoms with Crippen molar-refractivity contribution in [3.05, 3.63) is 263 Å². The van der Waals surface area contributed by atoms with Crippen molar-refractivity contribution in [3.63, 3.8) is 0 Å². The molecule has 0 saturated carbocycles. The molecule has 2 aliphatic heterocycles. The van der Waals surface area contributed by atoms with Crippen molar-refractivity contribution in [2.45, 2.75) is 62.3 Å². The van der Waals surface area contributed by atoms with Gasteiger partial charge in [-0.1, -0.05) is 269 Å². The maximum atomic E-state index is 7.40. The number of fused-ring (bicyclic) bond motifs is 4. The standard InChI is InChI=1S/C73H60B4N2O.Pt/c1-45-20-14-21-46(2)69(45)74-59-31-10-11-32-60(59)75(70-47(3)22-15-23-48(70)4)64-41-54(36-37-63(64)74)55-38-39-78-67(43-55)56-29-19-30-58(40-56)80-68-44-57(66-35-18-28-53(9)79-66)42-65-73(68)77(72-51(7)26-17-27-52(72)8)62-34-13-12-33-61(62)76(65)71-49(5)24-16-25-50(71)6;/h10-39,41-43H,1-9H3;/q-2;+2. The zero-order valence-electron chi connectivity index (χ0n) is 47.5. The molecule has 3 nitrogen and oxygen atoms in total. The average Bonchev–Trinajstić information content (AvgIpc) is 3.53. The van der Waals surface area contributed by atoms with E-state index in [1.165, 1.54) is 105 Å². The number of nitrogens with zero attached hydrogens (tertiary/aromatic N) is 2. The van der Waals surface area contributed by atoms with Crippen LogP contribution in [0.3, 0.4) is 0 Å². The van der Waals surface area contributed by atoms with Gasteiger partial charge < -0.3 is 14.7 Å². The molecule has 0 saturated heterocycles. The van der Waals surface area contributed by atoms with Crippen LogP contribution in [0.1, 0.15) is 50.2 Å². The molecule has 11 aromatic rings. The minimum Gasteiger partial charge on any atom is -0.497 e. The van der Waals surface area contributed by atoms with Gasteiger partial charge in [0.1, 0.15) is 0 Å². The van der Waals surface area contributed by atoms with Crippen LogP contribution in [0.15, 0.2) is 200 Å². The van der Waals surface area contributed by atoms with Crippen LogP contribution in [0.25, 0.3) is 33.6 Å². The normalized spacial score (nSPS) is 12.3. The summed E-state index contributed by atoms with van der Waals surface area (Å²) in [6, 6.07) is 78.9. The summed E-state index contributed by atoms with van der Waals surface area (Å²) in [4.78, 5) is 10.1. The van der Waals surface area contributed by atoms with Gasteiger partial charge in [0.2, 0.25) is 20.1 Å². The third-order valence-corrected chi connectivity index (χ3v) is 17.5. The first-order chi connectivity index (χ1) is 38.9. The van der Waals surface area contributed by atoms with E-state index >= 15 is 0 Å². The van der Waals surface area contributed by atoms with E-state index in [1.54, 1.807) is 0 Å². The minimum atomic E-state index is -0.134. The van der Waals surface area contributed by atoms with Crippen LogP contribution in [-0.4, -0.2) is 36.8 Å². The summed E-state index contributed by atoms with van der Waals surface area (Å²) in [7, 11) is 0. The summed E-state index contributed by atoms with van der Waals surface area (Å²) < 4.78 is 7.40. The van der Waals surface area contributed by atoms with Crippen LogP contribution in [-0.2, 0) is 21.1 Å². The maximum absolute atomic E-state index is 7.40. The molecule has 2 aliphatic rings. The Kier molecular flexibility index (Phi) is 14.5. The van der Waals surface area contributed by atoms with E-state index in [1.807, 2.05) is 25.3 Å². The molecule has 2 aromatic heterocycles. The molecule has 390 valence electrons. The number of ether oxygens (including phenoxy) is 1. The number of aromatic nitrogens is 2. The van der Waals surface area contributed by atoms with Gasteiger partial charge in [-0.15, -0.1) is 40.9 Å². The second kappa shape index (κ2) is 21.8. The molecule has 4 heterocycles. The fourth-order valence-corrected chi connectivity index (χ4v) is 13.9. The molecular weight excluding hydrogens is 1160 g/mol. The fraction of sp³-hybridized carbons (Fsp3) is 0.123. The fourth-order valence-electron chi connectivity index (χ4n) is 13.9. The molecule has 0 aliphatic carbocycles. The molecule has 0 bridgehead atoms. The quantitative estimate of drug-likeness (QED) is 0.108. The molecule has 0 amide bonds. The summed E-state index contributed by atoms with van der Waals surface area (Å²) >= 11 is 0. The van der Waals surface area contributed by atoms with Crippen molar-refractivity contribution >= 4 is 92.4 Å². The van der Waals surface area contributed by atoms with Crippen LogP contribution in [0, 0.1) is 74.4 Å². The van der Waals surface area contributed by atoms with Crippen LogP contribution in [0.5, 0.6) is 11.5 Å². The van der Waals surface area contributed by atoms with Gasteiger partial charge in [0.15, 0.2) is 6.71 Å². The number of benzene rings is 9. The van der Waals surface area contributed by atoms with Crippen molar-refractivity contribution in [2.24, 2.45) is 0 Å². The predicted octanol–water partition coefficient (Wildman–Crippen LogP) is 8.34. The Balaban J connectivity index is 0.00000651. The smallest absolute Gasteiger partial charge is 0.497 e. The van der Waals surface area contributed by atoms with E-state index in [4.69, 9.17) is 14.7 Å². The Morgan fingerprint density at radius 1 is 0.333 bits per heavy atom. The Bertz CT molecular complexity index is 4200. The summed E-state index contributed by atoms with van der Waals surface area (Å²) in [5.74, 6) is 1.26. The topological polar surface area (TPSA) is 35.0 Å². The summed E-state index contributed by atoms with van der Waals surface area (Å²) in [5, 5.41) is 0. The van der Waals surface area contributed by atoms with Crippen LogP contribution >= 0.6 is 0 Å². The van der Waals surface area contributed by atoms with Gasteiger partial charge in [0, 0.05) is 23.4 Å². The third-order valence-electron chi connectivity index (χ3n) is 17.5. The second-order valence-electron chi connectivity index (χ2n) is 22.6. The van der Waals surface area contributed by atoms with Crippen molar-refractivity contribution in [3.8, 4) is 45.1 Å². The summed E-state index contributed by atoms with van der Waals surface area (Å²) in [6.07, 6.45) is 1.94. The Hall–Kier alpha value is -7.97. The average molecular weight is 1220 g/mol. The molecule has 0 spiro atoms. The van der Waals surface area contributed by atoms with E-state index in [0.717, 1.165) is 44.8 Å². The Morgan fingerprint density at radius 2 is 0.778 bits per heavy atom. The molecular formula is C73H60B4N2OPt. The first kappa shape index (κ1) is 53.7. The molecule has 9 aromatic carbocycles. The third kappa shape index (κ3) is 9.48. The Morgan fingerprint density at radius 3 is 1.31 bits per heavy atom. The van der Waals surface area contributed by atoms with Crippen molar-refractivity contribution in [1.82, 2.24) is 9.97 Å². The first-order valence-corrected chi connectivity index (χ1v) is 28.2. The number of pyridine rings is 2. The van der Waals surface area contributed by atoms with Crippen molar-refractivity contribution < 1.29 is 25.8 Å². The van der Waals surface area contributed by atoms with E-state index in [0.29, 0.717) is 11.5 Å². The number of hydrogen-bond donors (Lipinski definition) is 0. The van der Waals surface area contributed by atoms with Crippen LogP contribution in [0.2, 0.25) is 0 Å². The zero-order valence-corrected chi connectivity index (χ0v) is 49.8. The SMILES string of the molecule is Cc1cccc(-c2[c-]c(Oc3[c-]c(-c4cc(-c5ccc6c(c5)B(c5c(C)cccc5C)c5ccccc5B6c5c(C)cccc5C)ccn4)ccc3)c3c(c2)B(c2c(C)cccc2C)c2ccccc2B3c2c(C)cccc2C)n1.[Pt+2]. The second-order valence-corrected chi connectivity index (χ2v) is 22.6. The maximum Gasteiger partial charge on any atom is 2.00 e. The first-order valence-electron chi connectivity index (χ1n) is 28.2. The molecule has 13 rings (SSSR count). The predicted molar refractivity (Wildman–Crippen MR) is 342 cm³/mol. The Labute approximate surface area is 495 Å². The van der Waals surface area contributed by atoms with E-state index in [9.17, 15) is 0 Å². The largest absolute Gasteiger partial charge is 2.00 e. The summed E-state index contributed by atoms with van der Waals surface area (Å²) in [6.45, 7) is 20.1. The van der Waals surface area contributed by atoms with Gasteiger partial charge in [-0.25, -0.2) is 0 Å². The number of aryl methyl sites for hydroxylation is 9. The molecule has 8 heteroatoms. The van der Waals surface area contributed by atoms with Gasteiger partial charge in [-0.3, -0.25) is 0 Å². The molecule has 0 unspecified atom stereocenters. The van der Waals surface area contributed by atoms with Crippen LogP contribution in [0.4, 0.5) is 0 Å². The van der Waals surface area contributed by atoms with Gasteiger partial charge >= 0.3 is 21.1 Å². The van der Waals surface area contributed by atoms with Gasteiger partial charge in [-0.2, -0.15) is 5.46 Å². The summed E-state index contributed by atoms with van der Waals surface area (Å²) in [5.41, 5.74) is 32.5. The molecule has 0 N–H and O–H groups in total. The molecule has 0 radical (unpaired) electrons. The molecule has 0 fully saturated rings. The zero-order chi connectivity index (χ0) is 54.9. The monoisotopic (exact) mass is 1220 g/mol. The van der Waals surface area contributed by atoms with Crippen LogP contribution < -0.4 is 70.3 Å². The van der Waals surface area contributed by atoms with E-state index in [2.05, 4.69) is 250 Å². The van der Waals surface area contributed by atoms with Crippen molar-refractivity contribution in [1.29, 1.82) is 0 Å². The van der Waals surface area contributed by atoms with Gasteiger partial charge in [-0.05, 0) is 97.0 Å². The number of hydrogen-bond acceptors (Lipinski definition) is 3.